The fourth-order valence-electron chi connectivity index (χ4n) is 1.39. The first-order chi connectivity index (χ1) is 7.65. The maximum Gasteiger partial charge on any atom is 0.130 e. The maximum atomic E-state index is 4.35. The number of hydrogen-bond donors (Lipinski definition) is 1. The van der Waals surface area contributed by atoms with Gasteiger partial charge in [0.2, 0.25) is 0 Å². The Morgan fingerprint density at radius 3 is 2.69 bits per heavy atom. The van der Waals surface area contributed by atoms with Gasteiger partial charge in [-0.2, -0.15) is 0 Å². The number of nitrogens with zero attached hydrogens (tertiary/aromatic N) is 3. The third-order valence-corrected chi connectivity index (χ3v) is 3.27. The molecule has 1 unspecified atom stereocenters. The highest BCUT2D eigenvalue weighted by atomic mass is 32.1. The average Bonchev–Trinajstić information content (AvgIpc) is 2.65. The summed E-state index contributed by atoms with van der Waals surface area (Å²) >= 11 is 1.70. The van der Waals surface area contributed by atoms with Crippen LogP contribution >= 0.6 is 11.3 Å². The van der Waals surface area contributed by atoms with E-state index < -0.39 is 0 Å². The summed E-state index contributed by atoms with van der Waals surface area (Å²) < 4.78 is 0. The van der Waals surface area contributed by atoms with E-state index >= 15 is 0 Å². The Labute approximate surface area is 98.8 Å². The standard InChI is InChI=1S/C11H14N4S/c1-7-4-10(14-6-13-7)15-9(3)11-12-5-8(2)16-11/h4-6,9H,1-3H3,(H,13,14,15). The number of nitrogens with one attached hydrogen (secondary N) is 1. The van der Waals surface area contributed by atoms with Crippen LogP contribution in [0.25, 0.3) is 0 Å². The third-order valence-electron chi connectivity index (χ3n) is 2.18. The van der Waals surface area contributed by atoms with E-state index in [0.29, 0.717) is 0 Å². The van der Waals surface area contributed by atoms with Crippen LogP contribution in [-0.4, -0.2) is 15.0 Å². The van der Waals surface area contributed by atoms with Gasteiger partial charge in [-0.25, -0.2) is 15.0 Å². The van der Waals surface area contributed by atoms with Crippen molar-refractivity contribution < 1.29 is 0 Å². The summed E-state index contributed by atoms with van der Waals surface area (Å²) in [5.74, 6) is 0.841. The molecule has 0 aromatic carbocycles. The van der Waals surface area contributed by atoms with Crippen molar-refractivity contribution in [1.82, 2.24) is 15.0 Å². The topological polar surface area (TPSA) is 50.7 Å². The molecule has 1 N–H and O–H groups in total. The van der Waals surface area contributed by atoms with Crippen molar-refractivity contribution in [3.05, 3.63) is 34.2 Å². The van der Waals surface area contributed by atoms with E-state index in [0.717, 1.165) is 16.5 Å². The number of rotatable bonds is 3. The molecule has 0 amide bonds. The van der Waals surface area contributed by atoms with Crippen LogP contribution in [0.5, 0.6) is 0 Å². The summed E-state index contributed by atoms with van der Waals surface area (Å²) in [4.78, 5) is 13.8. The Kier molecular flexibility index (Phi) is 3.14. The van der Waals surface area contributed by atoms with Crippen LogP contribution < -0.4 is 5.32 Å². The van der Waals surface area contributed by atoms with Gasteiger partial charge >= 0.3 is 0 Å². The van der Waals surface area contributed by atoms with Crippen LogP contribution in [0.15, 0.2) is 18.6 Å². The summed E-state index contributed by atoms with van der Waals surface area (Å²) in [5, 5.41) is 4.39. The number of hydrogen-bond acceptors (Lipinski definition) is 5. The van der Waals surface area contributed by atoms with Gasteiger partial charge in [-0.1, -0.05) is 0 Å². The summed E-state index contributed by atoms with van der Waals surface area (Å²) in [5.41, 5.74) is 0.958. The highest BCUT2D eigenvalue weighted by Crippen LogP contribution is 2.22. The lowest BCUT2D eigenvalue weighted by atomic mass is 10.3. The number of thiazole rings is 1. The first-order valence-electron chi connectivity index (χ1n) is 5.12. The van der Waals surface area contributed by atoms with Crippen LogP contribution in [-0.2, 0) is 0 Å². The first-order valence-corrected chi connectivity index (χ1v) is 5.94. The zero-order valence-corrected chi connectivity index (χ0v) is 10.4. The Bertz CT molecular complexity index is 480. The SMILES string of the molecule is Cc1cc(NC(C)c2ncc(C)s2)ncn1. The molecule has 16 heavy (non-hydrogen) atoms. The maximum absolute atomic E-state index is 4.35. The molecule has 5 heteroatoms. The highest BCUT2D eigenvalue weighted by molar-refractivity contribution is 7.11. The molecule has 0 fully saturated rings. The molecule has 2 aromatic heterocycles. The van der Waals surface area contributed by atoms with E-state index in [-0.39, 0.29) is 6.04 Å². The third kappa shape index (κ3) is 2.55. The molecule has 2 heterocycles. The quantitative estimate of drug-likeness (QED) is 0.887. The second kappa shape index (κ2) is 4.57. The summed E-state index contributed by atoms with van der Waals surface area (Å²) in [6.07, 6.45) is 3.46. The summed E-state index contributed by atoms with van der Waals surface area (Å²) in [6.45, 7) is 6.09. The molecule has 0 saturated heterocycles. The van der Waals surface area contributed by atoms with Gasteiger partial charge < -0.3 is 5.32 Å². The molecule has 4 nitrogen and oxygen atoms in total. The van der Waals surface area contributed by atoms with Crippen molar-refractivity contribution in [3.8, 4) is 0 Å². The zero-order valence-electron chi connectivity index (χ0n) is 9.56. The minimum atomic E-state index is 0.174. The van der Waals surface area contributed by atoms with Gasteiger partial charge in [-0.15, -0.1) is 11.3 Å². The lowest BCUT2D eigenvalue weighted by molar-refractivity contribution is 0.857. The van der Waals surface area contributed by atoms with Gasteiger partial charge in [0.25, 0.3) is 0 Å². The van der Waals surface area contributed by atoms with Crippen molar-refractivity contribution in [1.29, 1.82) is 0 Å². The summed E-state index contributed by atoms with van der Waals surface area (Å²) in [7, 11) is 0. The van der Waals surface area contributed by atoms with Gasteiger partial charge in [0.1, 0.15) is 17.2 Å². The van der Waals surface area contributed by atoms with E-state index in [9.17, 15) is 0 Å². The number of anilines is 1. The van der Waals surface area contributed by atoms with Crippen molar-refractivity contribution in [2.75, 3.05) is 5.32 Å². The van der Waals surface area contributed by atoms with E-state index in [1.54, 1.807) is 17.7 Å². The Morgan fingerprint density at radius 2 is 2.06 bits per heavy atom. The molecule has 0 spiro atoms. The van der Waals surface area contributed by atoms with Gasteiger partial charge in [0, 0.05) is 22.8 Å². The molecular formula is C11H14N4S. The summed E-state index contributed by atoms with van der Waals surface area (Å²) in [6, 6.07) is 2.10. The zero-order chi connectivity index (χ0) is 11.5. The molecule has 1 atom stereocenters. The van der Waals surface area contributed by atoms with Crippen LogP contribution in [0.2, 0.25) is 0 Å². The highest BCUT2D eigenvalue weighted by Gasteiger charge is 2.09. The average molecular weight is 234 g/mol. The minimum Gasteiger partial charge on any atom is -0.361 e. The van der Waals surface area contributed by atoms with Crippen LogP contribution in [0.1, 0.15) is 28.5 Å². The van der Waals surface area contributed by atoms with Gasteiger partial charge in [-0.05, 0) is 20.8 Å². The minimum absolute atomic E-state index is 0.174. The fourth-order valence-corrected chi connectivity index (χ4v) is 2.17. The molecule has 0 bridgehead atoms. The van der Waals surface area contributed by atoms with E-state index in [1.165, 1.54) is 4.88 Å². The predicted molar refractivity (Wildman–Crippen MR) is 65.7 cm³/mol. The van der Waals surface area contributed by atoms with E-state index in [2.05, 4.69) is 34.1 Å². The van der Waals surface area contributed by atoms with Crippen molar-refractivity contribution in [3.63, 3.8) is 0 Å². The molecule has 0 saturated carbocycles. The van der Waals surface area contributed by atoms with Gasteiger partial charge in [0.05, 0.1) is 6.04 Å². The lowest BCUT2D eigenvalue weighted by Gasteiger charge is -2.11. The monoisotopic (exact) mass is 234 g/mol. The Morgan fingerprint density at radius 1 is 1.25 bits per heavy atom. The molecule has 0 aliphatic rings. The van der Waals surface area contributed by atoms with Crippen LogP contribution in [0, 0.1) is 13.8 Å². The van der Waals surface area contributed by atoms with Crippen molar-refractivity contribution in [2.24, 2.45) is 0 Å². The molecule has 2 rings (SSSR count). The largest absolute Gasteiger partial charge is 0.361 e. The number of aryl methyl sites for hydroxylation is 2. The smallest absolute Gasteiger partial charge is 0.130 e. The Hall–Kier alpha value is -1.49. The van der Waals surface area contributed by atoms with Crippen molar-refractivity contribution in [2.45, 2.75) is 26.8 Å². The van der Waals surface area contributed by atoms with Crippen LogP contribution in [0.4, 0.5) is 5.82 Å². The molecule has 2 aromatic rings. The van der Waals surface area contributed by atoms with Gasteiger partial charge in [-0.3, -0.25) is 0 Å². The number of aromatic nitrogens is 3. The molecule has 0 radical (unpaired) electrons. The molecule has 84 valence electrons. The van der Waals surface area contributed by atoms with E-state index in [1.807, 2.05) is 19.2 Å². The fraction of sp³-hybridized carbons (Fsp3) is 0.364. The first kappa shape index (κ1) is 11.0. The molecule has 0 aliphatic carbocycles. The van der Waals surface area contributed by atoms with Gasteiger partial charge in [0.15, 0.2) is 0 Å². The second-order valence-corrected chi connectivity index (χ2v) is 4.99. The van der Waals surface area contributed by atoms with Crippen molar-refractivity contribution >= 4 is 17.2 Å². The van der Waals surface area contributed by atoms with E-state index in [4.69, 9.17) is 0 Å². The van der Waals surface area contributed by atoms with Crippen LogP contribution in [0.3, 0.4) is 0 Å². The molecular weight excluding hydrogens is 220 g/mol. The predicted octanol–water partition coefficient (Wildman–Crippen LogP) is 2.72. The molecule has 0 aliphatic heterocycles. The second-order valence-electron chi connectivity index (χ2n) is 3.72. The Balaban J connectivity index is 2.10. The normalized spacial score (nSPS) is 12.4. The lowest BCUT2D eigenvalue weighted by Crippen LogP contribution is -2.07.